The van der Waals surface area contributed by atoms with Gasteiger partial charge in [-0.1, -0.05) is 6.92 Å². The number of aliphatic hydroxyl groups excluding tert-OH is 3. The lowest BCUT2D eigenvalue weighted by Gasteiger charge is -2.16. The van der Waals surface area contributed by atoms with E-state index in [2.05, 4.69) is 0 Å². The Morgan fingerprint density at radius 1 is 1.44 bits per heavy atom. The summed E-state index contributed by atoms with van der Waals surface area (Å²) in [5.41, 5.74) is 0. The lowest BCUT2D eigenvalue weighted by Crippen LogP contribution is -2.29. The molecule has 0 saturated heterocycles. The van der Waals surface area contributed by atoms with Crippen LogP contribution in [0.25, 0.3) is 0 Å². The van der Waals surface area contributed by atoms with Crippen LogP contribution < -0.4 is 0 Å². The monoisotopic (exact) mass is 133 g/mol. The maximum Gasteiger partial charge on any atom is 0.124 e. The van der Waals surface area contributed by atoms with E-state index in [1.807, 2.05) is 0 Å². The summed E-state index contributed by atoms with van der Waals surface area (Å²) in [5, 5.41) is 26.4. The Balaban J connectivity index is 3.58. The van der Waals surface area contributed by atoms with Crippen LogP contribution in [0.2, 0.25) is 0 Å². The predicted octanol–water partition coefficient (Wildman–Crippen LogP) is 0.0426. The number of hydrogen-bond acceptors (Lipinski definition) is 3. The van der Waals surface area contributed by atoms with Gasteiger partial charge in [0.05, 0.1) is 6.10 Å². The van der Waals surface area contributed by atoms with E-state index < -0.39 is 12.2 Å². The van der Waals surface area contributed by atoms with Gasteiger partial charge in [0, 0.05) is 0 Å². The maximum absolute atomic E-state index is 8.86. The van der Waals surface area contributed by atoms with Crippen molar-refractivity contribution in [2.75, 3.05) is 0 Å². The van der Waals surface area contributed by atoms with E-state index in [1.54, 1.807) is 6.92 Å². The molecule has 0 aromatic carbocycles. The smallest absolute Gasteiger partial charge is 0.124 e. The summed E-state index contributed by atoms with van der Waals surface area (Å²) in [4.78, 5) is 0. The lowest BCUT2D eigenvalue weighted by molar-refractivity contribution is -0.00300. The summed E-state index contributed by atoms with van der Waals surface area (Å²) >= 11 is 0. The second-order valence-electron chi connectivity index (χ2n) is 2.03. The highest BCUT2D eigenvalue weighted by Crippen LogP contribution is 2.09. The first-order valence-corrected chi connectivity index (χ1v) is 3.00. The van der Waals surface area contributed by atoms with E-state index in [9.17, 15) is 0 Å². The third-order valence-corrected chi connectivity index (χ3v) is 1.16. The van der Waals surface area contributed by atoms with Crippen LogP contribution in [-0.2, 0) is 0 Å². The van der Waals surface area contributed by atoms with Crippen molar-refractivity contribution in [3.63, 3.8) is 0 Å². The maximum atomic E-state index is 8.86. The Bertz CT molecular complexity index is 72.7. The number of rotatable bonds is 3. The molecule has 0 aliphatic heterocycles. The molecule has 1 radical (unpaired) electrons. The quantitative estimate of drug-likeness (QED) is 0.509. The first-order chi connectivity index (χ1) is 4.09. The van der Waals surface area contributed by atoms with Crippen molar-refractivity contribution in [2.45, 2.75) is 32.5 Å². The first-order valence-electron chi connectivity index (χ1n) is 3.00. The van der Waals surface area contributed by atoms with Gasteiger partial charge in [-0.05, 0) is 13.3 Å². The molecule has 0 aromatic rings. The molecule has 3 heteroatoms. The SMILES string of the molecule is CC[C](O)C(O)C(C)O. The van der Waals surface area contributed by atoms with E-state index in [1.165, 1.54) is 6.92 Å². The molecule has 0 bridgehead atoms. The lowest BCUT2D eigenvalue weighted by atomic mass is 10.1. The van der Waals surface area contributed by atoms with Gasteiger partial charge >= 0.3 is 0 Å². The van der Waals surface area contributed by atoms with Gasteiger partial charge in [0.15, 0.2) is 0 Å². The van der Waals surface area contributed by atoms with Crippen molar-refractivity contribution in [2.24, 2.45) is 0 Å². The van der Waals surface area contributed by atoms with Crippen molar-refractivity contribution >= 4 is 0 Å². The molecule has 0 fully saturated rings. The summed E-state index contributed by atoms with van der Waals surface area (Å²) in [6.07, 6.45) is -1.66. The van der Waals surface area contributed by atoms with Crippen LogP contribution in [0.15, 0.2) is 0 Å². The molecule has 0 heterocycles. The zero-order chi connectivity index (χ0) is 7.44. The topological polar surface area (TPSA) is 60.7 Å². The predicted molar refractivity (Wildman–Crippen MR) is 33.2 cm³/mol. The Morgan fingerprint density at radius 2 is 1.89 bits per heavy atom. The summed E-state index contributed by atoms with van der Waals surface area (Å²) in [5.74, 6) is 0. The summed E-state index contributed by atoms with van der Waals surface area (Å²) in [6, 6.07) is 0. The zero-order valence-corrected chi connectivity index (χ0v) is 5.70. The molecular weight excluding hydrogens is 120 g/mol. The highest BCUT2D eigenvalue weighted by Gasteiger charge is 2.19. The molecule has 3 nitrogen and oxygen atoms in total. The van der Waals surface area contributed by atoms with Gasteiger partial charge in [0.25, 0.3) is 0 Å². The van der Waals surface area contributed by atoms with Crippen LogP contribution in [-0.4, -0.2) is 27.5 Å². The molecule has 9 heavy (non-hydrogen) atoms. The molecule has 0 aliphatic rings. The van der Waals surface area contributed by atoms with E-state index >= 15 is 0 Å². The summed E-state index contributed by atoms with van der Waals surface area (Å²) in [7, 11) is 0. The third-order valence-electron chi connectivity index (χ3n) is 1.16. The number of hydrogen-bond donors (Lipinski definition) is 3. The van der Waals surface area contributed by atoms with E-state index in [4.69, 9.17) is 15.3 Å². The molecule has 55 valence electrons. The molecule has 2 unspecified atom stereocenters. The van der Waals surface area contributed by atoms with Crippen LogP contribution >= 0.6 is 0 Å². The molecular formula is C6H13O3. The van der Waals surface area contributed by atoms with Gasteiger partial charge in [-0.3, -0.25) is 0 Å². The van der Waals surface area contributed by atoms with Gasteiger partial charge < -0.3 is 15.3 Å². The van der Waals surface area contributed by atoms with Gasteiger partial charge in [-0.25, -0.2) is 0 Å². The van der Waals surface area contributed by atoms with E-state index in [-0.39, 0.29) is 6.10 Å². The standard InChI is InChI=1S/C6H13O3/c1-3-5(8)6(9)4(2)7/h4,6-9H,3H2,1-2H3. The Kier molecular flexibility index (Phi) is 3.77. The number of aliphatic hydroxyl groups is 3. The van der Waals surface area contributed by atoms with Crippen LogP contribution in [0.1, 0.15) is 20.3 Å². The molecule has 3 N–H and O–H groups in total. The van der Waals surface area contributed by atoms with Gasteiger partial charge in [-0.2, -0.15) is 0 Å². The average Bonchev–Trinajstić information content (AvgIpc) is 1.84. The molecule has 0 aliphatic carbocycles. The fourth-order valence-electron chi connectivity index (χ4n) is 0.488. The zero-order valence-electron chi connectivity index (χ0n) is 5.70. The van der Waals surface area contributed by atoms with Crippen molar-refractivity contribution in [3.8, 4) is 0 Å². The van der Waals surface area contributed by atoms with Gasteiger partial charge in [0.1, 0.15) is 12.2 Å². The average molecular weight is 133 g/mol. The van der Waals surface area contributed by atoms with Crippen molar-refractivity contribution in [1.82, 2.24) is 0 Å². The molecule has 0 saturated carbocycles. The Hall–Kier alpha value is -0.120. The van der Waals surface area contributed by atoms with E-state index in [0.717, 1.165) is 0 Å². The van der Waals surface area contributed by atoms with Crippen molar-refractivity contribution in [1.29, 1.82) is 0 Å². The molecule has 2 atom stereocenters. The molecule has 0 rings (SSSR count). The highest BCUT2D eigenvalue weighted by atomic mass is 16.4. The van der Waals surface area contributed by atoms with Crippen molar-refractivity contribution in [3.05, 3.63) is 6.10 Å². The minimum atomic E-state index is -1.09. The third kappa shape index (κ3) is 2.79. The summed E-state index contributed by atoms with van der Waals surface area (Å²) < 4.78 is 0. The minimum absolute atomic E-state index is 0.0648. The largest absolute Gasteiger partial charge is 0.391 e. The second kappa shape index (κ2) is 3.82. The van der Waals surface area contributed by atoms with Gasteiger partial charge in [0.2, 0.25) is 0 Å². The minimum Gasteiger partial charge on any atom is -0.391 e. The van der Waals surface area contributed by atoms with Crippen LogP contribution in [0.5, 0.6) is 0 Å². The van der Waals surface area contributed by atoms with Crippen LogP contribution in [0.4, 0.5) is 0 Å². The summed E-state index contributed by atoms with van der Waals surface area (Å²) in [6.45, 7) is 3.14. The Labute approximate surface area is 54.9 Å². The Morgan fingerprint density at radius 3 is 2.00 bits per heavy atom. The molecule has 0 aromatic heterocycles. The fraction of sp³-hybridized carbons (Fsp3) is 0.833. The van der Waals surface area contributed by atoms with Gasteiger partial charge in [-0.15, -0.1) is 0 Å². The molecule has 0 amide bonds. The van der Waals surface area contributed by atoms with Crippen LogP contribution in [0, 0.1) is 6.10 Å². The second-order valence-corrected chi connectivity index (χ2v) is 2.03. The van der Waals surface area contributed by atoms with Crippen LogP contribution in [0.3, 0.4) is 0 Å². The first kappa shape index (κ1) is 8.88. The highest BCUT2D eigenvalue weighted by molar-refractivity contribution is 4.86. The fourth-order valence-corrected chi connectivity index (χ4v) is 0.488. The molecule has 0 spiro atoms. The van der Waals surface area contributed by atoms with Crippen molar-refractivity contribution < 1.29 is 15.3 Å². The van der Waals surface area contributed by atoms with E-state index in [0.29, 0.717) is 6.42 Å². The normalized spacial score (nSPS) is 18.0.